The Labute approximate surface area is 165 Å². The first kappa shape index (κ1) is 19.3. The van der Waals surface area contributed by atoms with Gasteiger partial charge in [-0.1, -0.05) is 17.7 Å². The van der Waals surface area contributed by atoms with E-state index in [-0.39, 0.29) is 16.3 Å². The first-order chi connectivity index (χ1) is 13.5. The quantitative estimate of drug-likeness (QED) is 0.667. The third kappa shape index (κ3) is 4.63. The number of ether oxygens (including phenoxy) is 1. The normalized spacial score (nSPS) is 10.2. The topological polar surface area (TPSA) is 80.3 Å². The fraction of sp³-hybridized carbons (Fsp3) is 0.0500. The Kier molecular flexibility index (Phi) is 5.86. The maximum Gasteiger partial charge on any atom is 0.274 e. The van der Waals surface area contributed by atoms with Gasteiger partial charge in [0.05, 0.1) is 12.1 Å². The number of nitrogens with zero attached hydrogens (tertiary/aromatic N) is 1. The average Bonchev–Trinajstić information content (AvgIpc) is 2.71. The fourth-order valence-electron chi connectivity index (χ4n) is 2.37. The van der Waals surface area contributed by atoms with E-state index in [0.717, 1.165) is 6.07 Å². The van der Waals surface area contributed by atoms with Gasteiger partial charge >= 0.3 is 0 Å². The number of pyridine rings is 1. The molecule has 28 heavy (non-hydrogen) atoms. The second-order valence-corrected chi connectivity index (χ2v) is 6.11. The van der Waals surface area contributed by atoms with Crippen molar-refractivity contribution in [1.29, 1.82) is 0 Å². The number of nitrogens with one attached hydrogen (secondary N) is 2. The lowest BCUT2D eigenvalue weighted by atomic mass is 10.2. The predicted molar refractivity (Wildman–Crippen MR) is 105 cm³/mol. The van der Waals surface area contributed by atoms with Gasteiger partial charge in [0.2, 0.25) is 0 Å². The Morgan fingerprint density at radius 2 is 1.75 bits per heavy atom. The number of rotatable bonds is 5. The van der Waals surface area contributed by atoms with Gasteiger partial charge in [-0.2, -0.15) is 0 Å². The van der Waals surface area contributed by atoms with Crippen LogP contribution in [-0.4, -0.2) is 23.9 Å². The van der Waals surface area contributed by atoms with Crippen LogP contribution in [0.4, 0.5) is 15.8 Å². The standard InChI is InChI=1S/C20H15ClFN3O3/c1-28-15-4-2-3-13(10-15)25-20(27)18-9-12(7-8-23-18)19(26)24-14-5-6-17(22)16(21)11-14/h2-11H,1H3,(H,24,26)(H,25,27). The summed E-state index contributed by atoms with van der Waals surface area (Å²) in [6.07, 6.45) is 1.35. The Hall–Kier alpha value is -3.45. The molecule has 2 aromatic carbocycles. The molecule has 0 spiro atoms. The molecule has 0 atom stereocenters. The van der Waals surface area contributed by atoms with Gasteiger partial charge in [-0.25, -0.2) is 4.39 Å². The van der Waals surface area contributed by atoms with Crippen LogP contribution >= 0.6 is 11.6 Å². The molecule has 0 aliphatic heterocycles. The zero-order valence-electron chi connectivity index (χ0n) is 14.7. The van der Waals surface area contributed by atoms with Crippen molar-refractivity contribution in [1.82, 2.24) is 4.98 Å². The number of hydrogen-bond acceptors (Lipinski definition) is 4. The van der Waals surface area contributed by atoms with E-state index in [9.17, 15) is 14.0 Å². The van der Waals surface area contributed by atoms with E-state index in [1.807, 2.05) is 0 Å². The van der Waals surface area contributed by atoms with E-state index in [0.29, 0.717) is 17.1 Å². The van der Waals surface area contributed by atoms with E-state index in [4.69, 9.17) is 16.3 Å². The average molecular weight is 400 g/mol. The summed E-state index contributed by atoms with van der Waals surface area (Å²) in [6.45, 7) is 0. The van der Waals surface area contributed by atoms with Gasteiger partial charge in [-0.05, 0) is 42.5 Å². The molecule has 0 saturated heterocycles. The summed E-state index contributed by atoms with van der Waals surface area (Å²) in [5, 5.41) is 5.18. The lowest BCUT2D eigenvalue weighted by Gasteiger charge is -2.09. The third-order valence-corrected chi connectivity index (χ3v) is 4.05. The summed E-state index contributed by atoms with van der Waals surface area (Å²) in [7, 11) is 1.53. The highest BCUT2D eigenvalue weighted by Crippen LogP contribution is 2.20. The van der Waals surface area contributed by atoms with Crippen LogP contribution in [0.3, 0.4) is 0 Å². The van der Waals surface area contributed by atoms with Crippen molar-refractivity contribution in [3.63, 3.8) is 0 Å². The summed E-state index contributed by atoms with van der Waals surface area (Å²) >= 11 is 5.71. The summed E-state index contributed by atoms with van der Waals surface area (Å²) in [4.78, 5) is 28.8. The second-order valence-electron chi connectivity index (χ2n) is 5.70. The number of methoxy groups -OCH3 is 1. The number of benzene rings is 2. The second kappa shape index (κ2) is 8.49. The molecule has 2 amide bonds. The SMILES string of the molecule is COc1cccc(NC(=O)c2cc(C(=O)Nc3ccc(F)c(Cl)c3)ccn2)c1. The number of carbonyl (C=O) groups excluding carboxylic acids is 2. The molecule has 0 aliphatic rings. The molecule has 0 saturated carbocycles. The highest BCUT2D eigenvalue weighted by Gasteiger charge is 2.13. The molecule has 0 aliphatic carbocycles. The number of amides is 2. The lowest BCUT2D eigenvalue weighted by Crippen LogP contribution is -2.17. The first-order valence-electron chi connectivity index (χ1n) is 8.14. The van der Waals surface area contributed by atoms with E-state index in [1.54, 1.807) is 24.3 Å². The predicted octanol–water partition coefficient (Wildman–Crippen LogP) is 4.39. The van der Waals surface area contributed by atoms with E-state index in [1.165, 1.54) is 37.6 Å². The molecule has 1 heterocycles. The van der Waals surface area contributed by atoms with Crippen LogP contribution in [0.1, 0.15) is 20.8 Å². The summed E-state index contributed by atoms with van der Waals surface area (Å²) in [6, 6.07) is 13.5. The molecule has 2 N–H and O–H groups in total. The largest absolute Gasteiger partial charge is 0.497 e. The molecule has 0 unspecified atom stereocenters. The number of carbonyl (C=O) groups is 2. The van der Waals surface area contributed by atoms with E-state index >= 15 is 0 Å². The van der Waals surface area contributed by atoms with Crippen LogP contribution in [0.2, 0.25) is 5.02 Å². The number of aromatic nitrogens is 1. The zero-order valence-corrected chi connectivity index (χ0v) is 15.5. The van der Waals surface area contributed by atoms with E-state index in [2.05, 4.69) is 15.6 Å². The zero-order chi connectivity index (χ0) is 20.1. The third-order valence-electron chi connectivity index (χ3n) is 3.76. The van der Waals surface area contributed by atoms with Crippen molar-refractivity contribution in [2.24, 2.45) is 0 Å². The molecular formula is C20H15ClFN3O3. The molecule has 0 radical (unpaired) electrons. The van der Waals surface area contributed by atoms with Crippen molar-refractivity contribution in [2.45, 2.75) is 0 Å². The van der Waals surface area contributed by atoms with Gasteiger partial charge in [0, 0.05) is 29.2 Å². The maximum atomic E-state index is 13.2. The first-order valence-corrected chi connectivity index (χ1v) is 8.52. The molecular weight excluding hydrogens is 385 g/mol. The van der Waals surface area contributed by atoms with Crippen LogP contribution < -0.4 is 15.4 Å². The molecule has 0 bridgehead atoms. The van der Waals surface area contributed by atoms with Gasteiger partial charge in [0.25, 0.3) is 11.8 Å². The fourth-order valence-corrected chi connectivity index (χ4v) is 2.55. The van der Waals surface area contributed by atoms with Crippen LogP contribution in [0.5, 0.6) is 5.75 Å². The minimum Gasteiger partial charge on any atom is -0.497 e. The van der Waals surface area contributed by atoms with Gasteiger partial charge in [0.15, 0.2) is 0 Å². The number of hydrogen-bond donors (Lipinski definition) is 2. The van der Waals surface area contributed by atoms with Gasteiger partial charge in [-0.3, -0.25) is 14.6 Å². The maximum absolute atomic E-state index is 13.2. The van der Waals surface area contributed by atoms with Crippen LogP contribution in [-0.2, 0) is 0 Å². The molecule has 1 aromatic heterocycles. The molecule has 0 fully saturated rings. The molecule has 3 aromatic rings. The van der Waals surface area contributed by atoms with Crippen LogP contribution in [0.25, 0.3) is 0 Å². The van der Waals surface area contributed by atoms with Crippen molar-refractivity contribution in [2.75, 3.05) is 17.7 Å². The number of anilines is 2. The van der Waals surface area contributed by atoms with E-state index < -0.39 is 17.6 Å². The summed E-state index contributed by atoms with van der Waals surface area (Å²) in [5.74, 6) is -0.954. The van der Waals surface area contributed by atoms with Crippen molar-refractivity contribution < 1.29 is 18.7 Å². The Balaban J connectivity index is 1.74. The highest BCUT2D eigenvalue weighted by atomic mass is 35.5. The monoisotopic (exact) mass is 399 g/mol. The minimum absolute atomic E-state index is 0.0626. The Bertz CT molecular complexity index is 1040. The molecule has 3 rings (SSSR count). The molecule has 8 heteroatoms. The highest BCUT2D eigenvalue weighted by molar-refractivity contribution is 6.31. The number of halogens is 2. The van der Waals surface area contributed by atoms with Gasteiger partial charge in [0.1, 0.15) is 17.3 Å². The smallest absolute Gasteiger partial charge is 0.274 e. The summed E-state index contributed by atoms with van der Waals surface area (Å²) < 4.78 is 18.3. The van der Waals surface area contributed by atoms with Crippen LogP contribution in [0.15, 0.2) is 60.8 Å². The Morgan fingerprint density at radius 3 is 2.50 bits per heavy atom. The van der Waals surface area contributed by atoms with Crippen LogP contribution in [0, 0.1) is 5.82 Å². The van der Waals surface area contributed by atoms with Crippen molar-refractivity contribution in [3.8, 4) is 5.75 Å². The van der Waals surface area contributed by atoms with Crippen molar-refractivity contribution >= 4 is 34.8 Å². The van der Waals surface area contributed by atoms with Crippen molar-refractivity contribution in [3.05, 3.63) is 82.9 Å². The Morgan fingerprint density at radius 1 is 1.00 bits per heavy atom. The van der Waals surface area contributed by atoms with Gasteiger partial charge in [-0.15, -0.1) is 0 Å². The van der Waals surface area contributed by atoms with Gasteiger partial charge < -0.3 is 15.4 Å². The summed E-state index contributed by atoms with van der Waals surface area (Å²) in [5.41, 5.74) is 1.14. The molecule has 142 valence electrons. The lowest BCUT2D eigenvalue weighted by molar-refractivity contribution is 0.102. The minimum atomic E-state index is -0.583. The molecule has 6 nitrogen and oxygen atoms in total.